The molecule has 162 valence electrons. The average Bonchev–Trinajstić information content (AvgIpc) is 3.50. The first-order valence-corrected chi connectivity index (χ1v) is 10.9. The molecule has 4 aromatic rings. The normalized spacial score (nSPS) is 16.1. The van der Waals surface area contributed by atoms with E-state index in [1.54, 1.807) is 22.0 Å². The van der Waals surface area contributed by atoms with Crippen LogP contribution in [0, 0.1) is 0 Å². The van der Waals surface area contributed by atoms with Crippen LogP contribution in [0.3, 0.4) is 0 Å². The molecule has 1 aliphatic heterocycles. The van der Waals surface area contributed by atoms with Crippen LogP contribution >= 0.6 is 11.6 Å². The zero-order valence-corrected chi connectivity index (χ0v) is 18.0. The summed E-state index contributed by atoms with van der Waals surface area (Å²) in [6.45, 7) is 0.900. The number of carbonyl (C=O) groups is 2. The topological polar surface area (TPSA) is 83.0 Å². The lowest BCUT2D eigenvalue weighted by molar-refractivity contribution is -0.133. The zero-order valence-electron chi connectivity index (χ0n) is 17.3. The van der Waals surface area contributed by atoms with Crippen LogP contribution in [0.1, 0.15) is 24.0 Å². The Morgan fingerprint density at radius 2 is 1.94 bits per heavy atom. The van der Waals surface area contributed by atoms with Crippen LogP contribution < -0.4 is 5.32 Å². The smallest absolute Gasteiger partial charge is 0.247 e. The quantitative estimate of drug-likeness (QED) is 0.464. The number of H-pyrrole nitrogens is 1. The Hall–Kier alpha value is -3.58. The SMILES string of the molecule is O=C(Nc1cnn(Cc2ccccc2Cl)c1)C1CCC(=O)N1Cc1c[nH]c2ccccc12. The molecule has 7 nitrogen and oxygen atoms in total. The van der Waals surface area contributed by atoms with Gasteiger partial charge < -0.3 is 15.2 Å². The van der Waals surface area contributed by atoms with Gasteiger partial charge in [-0.2, -0.15) is 5.10 Å². The fourth-order valence-corrected chi connectivity index (χ4v) is 4.39. The number of aromatic amines is 1. The highest BCUT2D eigenvalue weighted by atomic mass is 35.5. The van der Waals surface area contributed by atoms with Crippen LogP contribution in [-0.4, -0.2) is 37.5 Å². The Morgan fingerprint density at radius 1 is 1.12 bits per heavy atom. The van der Waals surface area contributed by atoms with Gasteiger partial charge in [-0.05, 0) is 29.7 Å². The molecule has 32 heavy (non-hydrogen) atoms. The maximum atomic E-state index is 13.0. The number of rotatable bonds is 6. The highest BCUT2D eigenvalue weighted by molar-refractivity contribution is 6.31. The van der Waals surface area contributed by atoms with Gasteiger partial charge in [0, 0.05) is 41.3 Å². The Balaban J connectivity index is 1.28. The van der Waals surface area contributed by atoms with E-state index in [4.69, 9.17) is 11.6 Å². The van der Waals surface area contributed by atoms with Crippen molar-refractivity contribution in [2.24, 2.45) is 0 Å². The molecule has 2 amide bonds. The molecule has 2 aromatic carbocycles. The van der Waals surface area contributed by atoms with Crippen molar-refractivity contribution in [2.45, 2.75) is 32.0 Å². The van der Waals surface area contributed by atoms with Gasteiger partial charge in [-0.25, -0.2) is 0 Å². The van der Waals surface area contributed by atoms with E-state index < -0.39 is 6.04 Å². The Kier molecular flexibility index (Phi) is 5.41. The molecule has 0 radical (unpaired) electrons. The van der Waals surface area contributed by atoms with E-state index in [1.165, 1.54) is 0 Å². The average molecular weight is 448 g/mol. The van der Waals surface area contributed by atoms with Crippen LogP contribution in [0.5, 0.6) is 0 Å². The summed E-state index contributed by atoms with van der Waals surface area (Å²) in [5.74, 6) is -0.210. The number of aromatic nitrogens is 3. The van der Waals surface area contributed by atoms with Crippen LogP contribution in [0.25, 0.3) is 10.9 Å². The fourth-order valence-electron chi connectivity index (χ4n) is 4.19. The number of halogens is 1. The minimum atomic E-state index is -0.511. The van der Waals surface area contributed by atoms with Gasteiger partial charge in [-0.15, -0.1) is 0 Å². The van der Waals surface area contributed by atoms with Gasteiger partial charge in [0.05, 0.1) is 18.4 Å². The summed E-state index contributed by atoms with van der Waals surface area (Å²) in [7, 11) is 0. The third kappa shape index (κ3) is 3.99. The summed E-state index contributed by atoms with van der Waals surface area (Å²) in [6.07, 6.45) is 6.15. The van der Waals surface area contributed by atoms with Gasteiger partial charge in [0.25, 0.3) is 0 Å². The first-order valence-electron chi connectivity index (χ1n) is 10.5. The third-order valence-corrected chi connectivity index (χ3v) is 6.21. The van der Waals surface area contributed by atoms with E-state index in [0.717, 1.165) is 22.0 Å². The second kappa shape index (κ2) is 8.51. The van der Waals surface area contributed by atoms with Crippen LogP contribution in [0.4, 0.5) is 5.69 Å². The van der Waals surface area contributed by atoms with Gasteiger partial charge in [-0.1, -0.05) is 48.0 Å². The van der Waals surface area contributed by atoms with E-state index >= 15 is 0 Å². The third-order valence-electron chi connectivity index (χ3n) is 5.84. The first kappa shape index (κ1) is 20.3. The predicted molar refractivity (Wildman–Crippen MR) is 123 cm³/mol. The molecule has 1 saturated heterocycles. The van der Waals surface area contributed by atoms with Crippen molar-refractivity contribution in [3.05, 3.63) is 83.3 Å². The number of hydrogen-bond donors (Lipinski definition) is 2. The predicted octanol–water partition coefficient (Wildman–Crippen LogP) is 4.20. The molecule has 1 unspecified atom stereocenters. The van der Waals surface area contributed by atoms with Crippen LogP contribution in [0.15, 0.2) is 67.1 Å². The summed E-state index contributed by atoms with van der Waals surface area (Å²) in [4.78, 5) is 30.5. The molecule has 0 aliphatic carbocycles. The highest BCUT2D eigenvalue weighted by Crippen LogP contribution is 2.26. The van der Waals surface area contributed by atoms with Crippen molar-refractivity contribution in [2.75, 3.05) is 5.32 Å². The molecule has 8 heteroatoms. The molecule has 2 N–H and O–H groups in total. The number of likely N-dealkylation sites (tertiary alicyclic amines) is 1. The summed E-state index contributed by atoms with van der Waals surface area (Å²) in [6, 6.07) is 15.0. The summed E-state index contributed by atoms with van der Waals surface area (Å²) in [5.41, 5.74) is 3.55. The molecule has 0 spiro atoms. The number of fused-ring (bicyclic) bond motifs is 1. The van der Waals surface area contributed by atoms with Crippen molar-refractivity contribution in [1.29, 1.82) is 0 Å². The van der Waals surface area contributed by atoms with E-state index in [1.807, 2.05) is 54.7 Å². The second-order valence-corrected chi connectivity index (χ2v) is 8.35. The first-order chi connectivity index (χ1) is 15.6. The summed E-state index contributed by atoms with van der Waals surface area (Å²) < 4.78 is 1.72. The molecular weight excluding hydrogens is 426 g/mol. The minimum absolute atomic E-state index is 0.00940. The van der Waals surface area contributed by atoms with E-state index in [0.29, 0.717) is 36.6 Å². The Morgan fingerprint density at radius 3 is 2.81 bits per heavy atom. The van der Waals surface area contributed by atoms with Gasteiger partial charge >= 0.3 is 0 Å². The second-order valence-electron chi connectivity index (χ2n) is 7.94. The molecule has 5 rings (SSSR count). The standard InChI is InChI=1S/C24H22ClN5O2/c25-20-7-3-1-5-16(20)13-29-15-18(12-27-29)28-24(32)22-9-10-23(31)30(22)14-17-11-26-21-8-4-2-6-19(17)21/h1-8,11-12,15,22,26H,9-10,13-14H2,(H,28,32). The van der Waals surface area contributed by atoms with Gasteiger partial charge in [0.1, 0.15) is 6.04 Å². The Bertz CT molecular complexity index is 1290. The van der Waals surface area contributed by atoms with Crippen LogP contribution in [-0.2, 0) is 22.7 Å². The number of nitrogens with zero attached hydrogens (tertiary/aromatic N) is 3. The maximum Gasteiger partial charge on any atom is 0.247 e. The number of benzene rings is 2. The molecule has 2 aromatic heterocycles. The number of para-hydroxylation sites is 1. The van der Waals surface area contributed by atoms with Crippen molar-refractivity contribution >= 4 is 40.0 Å². The van der Waals surface area contributed by atoms with E-state index in [9.17, 15) is 9.59 Å². The molecule has 3 heterocycles. The number of hydrogen-bond acceptors (Lipinski definition) is 3. The number of carbonyl (C=O) groups excluding carboxylic acids is 2. The molecule has 1 aliphatic rings. The number of nitrogens with one attached hydrogen (secondary N) is 2. The summed E-state index contributed by atoms with van der Waals surface area (Å²) in [5, 5.41) is 8.97. The zero-order chi connectivity index (χ0) is 22.1. The van der Waals surface area contributed by atoms with E-state index in [-0.39, 0.29) is 11.8 Å². The molecule has 1 atom stereocenters. The minimum Gasteiger partial charge on any atom is -0.361 e. The molecule has 1 fully saturated rings. The lowest BCUT2D eigenvalue weighted by Crippen LogP contribution is -2.41. The largest absolute Gasteiger partial charge is 0.361 e. The molecule has 0 saturated carbocycles. The van der Waals surface area contributed by atoms with Gasteiger partial charge in [0.2, 0.25) is 11.8 Å². The lowest BCUT2D eigenvalue weighted by Gasteiger charge is -2.23. The van der Waals surface area contributed by atoms with Crippen molar-refractivity contribution in [1.82, 2.24) is 19.7 Å². The van der Waals surface area contributed by atoms with Crippen molar-refractivity contribution in [3.63, 3.8) is 0 Å². The summed E-state index contributed by atoms with van der Waals surface area (Å²) >= 11 is 6.23. The molecule has 0 bridgehead atoms. The van der Waals surface area contributed by atoms with Crippen LogP contribution in [0.2, 0.25) is 5.02 Å². The highest BCUT2D eigenvalue weighted by Gasteiger charge is 2.36. The Labute approximate surface area is 190 Å². The molecular formula is C24H22ClN5O2. The van der Waals surface area contributed by atoms with Gasteiger partial charge in [-0.3, -0.25) is 14.3 Å². The number of anilines is 1. The maximum absolute atomic E-state index is 13.0. The van der Waals surface area contributed by atoms with Crippen molar-refractivity contribution < 1.29 is 9.59 Å². The van der Waals surface area contributed by atoms with Crippen molar-refractivity contribution in [3.8, 4) is 0 Å². The van der Waals surface area contributed by atoms with E-state index in [2.05, 4.69) is 15.4 Å². The monoisotopic (exact) mass is 447 g/mol. The van der Waals surface area contributed by atoms with Gasteiger partial charge in [0.15, 0.2) is 0 Å². The lowest BCUT2D eigenvalue weighted by atomic mass is 10.1. The number of amides is 2. The fraction of sp³-hybridized carbons (Fsp3) is 0.208.